The third kappa shape index (κ3) is 5.08. The van der Waals surface area contributed by atoms with Gasteiger partial charge >= 0.3 is 11.9 Å². The number of aryl methyl sites for hydroxylation is 1. The predicted octanol–water partition coefficient (Wildman–Crippen LogP) is 6.58. The van der Waals surface area contributed by atoms with E-state index in [4.69, 9.17) is 4.74 Å². The van der Waals surface area contributed by atoms with Crippen molar-refractivity contribution in [3.63, 3.8) is 0 Å². The molecule has 0 amide bonds. The van der Waals surface area contributed by atoms with Crippen LogP contribution in [0.2, 0.25) is 0 Å². The maximum atomic E-state index is 12.9. The second kappa shape index (κ2) is 8.86. The van der Waals surface area contributed by atoms with Crippen LogP contribution in [-0.4, -0.2) is 4.92 Å². The molecule has 5 nitrogen and oxygen atoms in total. The number of alkyl halides is 3. The van der Waals surface area contributed by atoms with E-state index in [2.05, 4.69) is 12.2 Å². The number of nitrogens with zero attached hydrogens (tertiary/aromatic N) is 1. The lowest BCUT2D eigenvalue weighted by molar-refractivity contribution is -0.385. The average Bonchev–Trinajstić information content (AvgIpc) is 2.73. The lowest BCUT2D eigenvalue weighted by atomic mass is 10.1. The second-order valence-corrected chi connectivity index (χ2v) is 6.55. The van der Waals surface area contributed by atoms with Gasteiger partial charge < -0.3 is 10.1 Å². The maximum absolute atomic E-state index is 12.9. The molecule has 0 radical (unpaired) electrons. The van der Waals surface area contributed by atoms with Crippen molar-refractivity contribution in [3.8, 4) is 11.5 Å². The highest BCUT2D eigenvalue weighted by molar-refractivity contribution is 5.53. The highest BCUT2D eigenvalue weighted by Gasteiger charge is 2.33. The van der Waals surface area contributed by atoms with E-state index in [1.54, 1.807) is 24.3 Å². The summed E-state index contributed by atoms with van der Waals surface area (Å²) in [5.74, 6) is 0.0609. The van der Waals surface area contributed by atoms with Gasteiger partial charge in [-0.3, -0.25) is 10.1 Å². The van der Waals surface area contributed by atoms with Crippen LogP contribution < -0.4 is 10.1 Å². The number of rotatable bonds is 7. The molecule has 0 fully saturated rings. The van der Waals surface area contributed by atoms with Gasteiger partial charge in [0.2, 0.25) is 5.75 Å². The minimum atomic E-state index is -4.68. The van der Waals surface area contributed by atoms with Gasteiger partial charge in [0.1, 0.15) is 5.75 Å². The molecule has 0 spiro atoms. The van der Waals surface area contributed by atoms with Crippen LogP contribution in [0, 0.1) is 10.1 Å². The molecule has 3 rings (SSSR count). The molecule has 0 atom stereocenters. The summed E-state index contributed by atoms with van der Waals surface area (Å²) in [6.45, 7) is 2.44. The fraction of sp³-hybridized carbons (Fsp3) is 0.182. The summed E-state index contributed by atoms with van der Waals surface area (Å²) in [4.78, 5) is 10.4. The Morgan fingerprint density at radius 2 is 1.70 bits per heavy atom. The number of hydrogen-bond donors (Lipinski definition) is 1. The smallest absolute Gasteiger partial charge is 0.416 e. The summed E-state index contributed by atoms with van der Waals surface area (Å²) in [6, 6.07) is 17.0. The summed E-state index contributed by atoms with van der Waals surface area (Å²) in [7, 11) is 0. The van der Waals surface area contributed by atoms with Crippen molar-refractivity contribution in [2.75, 3.05) is 5.32 Å². The highest BCUT2D eigenvalue weighted by atomic mass is 19.4. The first-order valence-electron chi connectivity index (χ1n) is 9.22. The Labute approximate surface area is 171 Å². The van der Waals surface area contributed by atoms with Gasteiger partial charge in [-0.15, -0.1) is 0 Å². The van der Waals surface area contributed by atoms with Gasteiger partial charge in [0.25, 0.3) is 0 Å². The van der Waals surface area contributed by atoms with E-state index in [-0.39, 0.29) is 5.75 Å². The monoisotopic (exact) mass is 416 g/mol. The number of nitro groups is 1. The summed E-state index contributed by atoms with van der Waals surface area (Å²) >= 11 is 0. The minimum absolute atomic E-state index is 0.257. The third-order valence-corrected chi connectivity index (χ3v) is 4.52. The topological polar surface area (TPSA) is 64.4 Å². The fourth-order valence-electron chi connectivity index (χ4n) is 2.85. The molecule has 0 aliphatic rings. The molecule has 3 aromatic rings. The summed E-state index contributed by atoms with van der Waals surface area (Å²) in [5.41, 5.74) is 0.947. The predicted molar refractivity (Wildman–Crippen MR) is 108 cm³/mol. The molecule has 1 N–H and O–H groups in total. The number of nitro benzene ring substituents is 1. The van der Waals surface area contributed by atoms with E-state index in [0.29, 0.717) is 23.9 Å². The molecule has 0 saturated carbocycles. The van der Waals surface area contributed by atoms with Gasteiger partial charge in [0.15, 0.2) is 0 Å². The molecule has 0 aromatic heterocycles. The first-order valence-corrected chi connectivity index (χ1v) is 9.22. The van der Waals surface area contributed by atoms with E-state index in [1.807, 2.05) is 24.3 Å². The van der Waals surface area contributed by atoms with Crippen LogP contribution in [0.1, 0.15) is 23.6 Å². The Kier molecular flexibility index (Phi) is 6.25. The number of anilines is 1. The third-order valence-electron chi connectivity index (χ3n) is 4.52. The molecule has 0 aliphatic carbocycles. The standard InChI is InChI=1S/C22H19F3N2O3/c1-2-15-7-10-18(11-8-15)26-14-16-5-3-4-6-20(16)30-21-12-9-17(22(23,24)25)13-19(21)27(28)29/h3-13,26H,2,14H2,1H3. The number of nitrogens with one attached hydrogen (secondary N) is 1. The molecule has 0 saturated heterocycles. The van der Waals surface area contributed by atoms with Crippen molar-refractivity contribution in [2.24, 2.45) is 0 Å². The Bertz CT molecular complexity index is 1030. The Balaban J connectivity index is 1.83. The second-order valence-electron chi connectivity index (χ2n) is 6.55. The molecule has 30 heavy (non-hydrogen) atoms. The summed E-state index contributed by atoms with van der Waals surface area (Å²) < 4.78 is 44.3. The first-order chi connectivity index (χ1) is 14.3. The van der Waals surface area contributed by atoms with Crippen LogP contribution in [0.4, 0.5) is 24.5 Å². The van der Waals surface area contributed by atoms with Gasteiger partial charge in [0.05, 0.1) is 10.5 Å². The average molecular weight is 416 g/mol. The zero-order chi connectivity index (χ0) is 21.7. The molecule has 3 aromatic carbocycles. The number of halogens is 3. The van der Waals surface area contributed by atoms with E-state index in [9.17, 15) is 23.3 Å². The Morgan fingerprint density at radius 3 is 2.33 bits per heavy atom. The van der Waals surface area contributed by atoms with Crippen LogP contribution in [0.5, 0.6) is 11.5 Å². The Morgan fingerprint density at radius 1 is 1.00 bits per heavy atom. The zero-order valence-corrected chi connectivity index (χ0v) is 16.1. The van der Waals surface area contributed by atoms with Crippen LogP contribution in [0.3, 0.4) is 0 Å². The van der Waals surface area contributed by atoms with E-state index in [0.717, 1.165) is 24.2 Å². The molecule has 8 heteroatoms. The fourth-order valence-corrected chi connectivity index (χ4v) is 2.85. The quantitative estimate of drug-likeness (QED) is 0.349. The number of benzene rings is 3. The molecular weight excluding hydrogens is 397 g/mol. The van der Waals surface area contributed by atoms with Crippen LogP contribution in [-0.2, 0) is 19.1 Å². The van der Waals surface area contributed by atoms with Gasteiger partial charge in [-0.25, -0.2) is 0 Å². The summed E-state index contributed by atoms with van der Waals surface area (Å²) in [5, 5.41) is 14.5. The molecule has 156 valence electrons. The number of para-hydroxylation sites is 1. The van der Waals surface area contributed by atoms with Crippen molar-refractivity contribution in [1.29, 1.82) is 0 Å². The van der Waals surface area contributed by atoms with E-state index < -0.39 is 22.4 Å². The van der Waals surface area contributed by atoms with Gasteiger partial charge in [-0.05, 0) is 42.3 Å². The van der Waals surface area contributed by atoms with E-state index in [1.165, 1.54) is 5.56 Å². The molecule has 0 aliphatic heterocycles. The van der Waals surface area contributed by atoms with Crippen LogP contribution >= 0.6 is 0 Å². The van der Waals surface area contributed by atoms with Crippen molar-refractivity contribution in [2.45, 2.75) is 26.1 Å². The van der Waals surface area contributed by atoms with Gasteiger partial charge in [-0.1, -0.05) is 37.3 Å². The SMILES string of the molecule is CCc1ccc(NCc2ccccc2Oc2ccc(C(F)(F)F)cc2[N+](=O)[O-])cc1. The van der Waals surface area contributed by atoms with Crippen molar-refractivity contribution in [1.82, 2.24) is 0 Å². The number of hydrogen-bond acceptors (Lipinski definition) is 4. The maximum Gasteiger partial charge on any atom is 0.416 e. The van der Waals surface area contributed by atoms with Crippen molar-refractivity contribution < 1.29 is 22.8 Å². The lowest BCUT2D eigenvalue weighted by Gasteiger charge is -2.14. The van der Waals surface area contributed by atoms with Crippen LogP contribution in [0.25, 0.3) is 0 Å². The lowest BCUT2D eigenvalue weighted by Crippen LogP contribution is -2.06. The van der Waals surface area contributed by atoms with Crippen LogP contribution in [0.15, 0.2) is 66.7 Å². The molecular formula is C22H19F3N2O3. The van der Waals surface area contributed by atoms with Gasteiger partial charge in [-0.2, -0.15) is 13.2 Å². The zero-order valence-electron chi connectivity index (χ0n) is 16.1. The molecule has 0 heterocycles. The largest absolute Gasteiger partial charge is 0.450 e. The van der Waals surface area contributed by atoms with Gasteiger partial charge in [0, 0.05) is 23.9 Å². The van der Waals surface area contributed by atoms with Crippen molar-refractivity contribution in [3.05, 3.63) is 93.5 Å². The van der Waals surface area contributed by atoms with Crippen molar-refractivity contribution >= 4 is 11.4 Å². The van der Waals surface area contributed by atoms with E-state index >= 15 is 0 Å². The normalized spacial score (nSPS) is 11.2. The number of ether oxygens (including phenoxy) is 1. The minimum Gasteiger partial charge on any atom is -0.450 e. The summed E-state index contributed by atoms with van der Waals surface area (Å²) in [6.07, 6.45) is -3.75. The first kappa shape index (κ1) is 21.2. The Hall–Kier alpha value is -3.55. The molecule has 0 bridgehead atoms. The molecule has 0 unspecified atom stereocenters. The highest BCUT2D eigenvalue weighted by Crippen LogP contribution is 2.38.